The number of ether oxygens (including phenoxy) is 1. The fourth-order valence-corrected chi connectivity index (χ4v) is 3.41. The molecule has 0 aliphatic heterocycles. The van der Waals surface area contributed by atoms with E-state index in [-0.39, 0.29) is 41.9 Å². The first-order valence-electron chi connectivity index (χ1n) is 8.56. The smallest absolute Gasteiger partial charge is 0.191 e. The lowest BCUT2D eigenvalue weighted by atomic mass is 10.2. The maximum absolute atomic E-state index is 13.2. The maximum atomic E-state index is 13.2. The van der Waals surface area contributed by atoms with Gasteiger partial charge in [-0.25, -0.2) is 4.39 Å². The van der Waals surface area contributed by atoms with Crippen molar-refractivity contribution >= 4 is 41.3 Å². The van der Waals surface area contributed by atoms with Crippen LogP contribution in [0.15, 0.2) is 46.8 Å². The first-order valence-corrected chi connectivity index (χ1v) is 9.44. The Balaban J connectivity index is 0.00000364. The molecule has 2 atom stereocenters. The molecule has 0 fully saturated rings. The lowest BCUT2D eigenvalue weighted by molar-refractivity contribution is 0.222. The third-order valence-corrected chi connectivity index (χ3v) is 4.85. The highest BCUT2D eigenvalue weighted by molar-refractivity contribution is 14.0. The predicted octanol–water partition coefficient (Wildman–Crippen LogP) is 3.74. The van der Waals surface area contributed by atoms with Crippen LogP contribution in [0.5, 0.6) is 5.75 Å². The molecule has 1 heterocycles. The van der Waals surface area contributed by atoms with Crippen LogP contribution in [0.2, 0.25) is 0 Å². The van der Waals surface area contributed by atoms with Gasteiger partial charge >= 0.3 is 0 Å². The van der Waals surface area contributed by atoms with Crippen LogP contribution in [0, 0.1) is 5.82 Å². The van der Waals surface area contributed by atoms with Gasteiger partial charge in [-0.15, -0.1) is 35.3 Å². The minimum atomic E-state index is -0.302. The molecule has 0 radical (unpaired) electrons. The molecule has 27 heavy (non-hydrogen) atoms. The van der Waals surface area contributed by atoms with E-state index in [0.29, 0.717) is 18.3 Å². The Kier molecular flexibility index (Phi) is 10.6. The molecule has 2 N–H and O–H groups in total. The van der Waals surface area contributed by atoms with Crippen LogP contribution in [-0.2, 0) is 0 Å². The molecule has 0 amide bonds. The molecule has 0 spiro atoms. The topological polar surface area (TPSA) is 48.9 Å². The van der Waals surface area contributed by atoms with Crippen LogP contribution in [0.4, 0.5) is 4.39 Å². The number of nitrogens with one attached hydrogen (secondary N) is 2. The van der Waals surface area contributed by atoms with Crippen molar-refractivity contribution in [1.29, 1.82) is 0 Å². The molecule has 5 nitrogen and oxygen atoms in total. The summed E-state index contributed by atoms with van der Waals surface area (Å²) in [6, 6.07) is 10.6. The SMILES string of the molecule is CN=C(NCC(C)Oc1cccc(F)c1)NCC(c1cccs1)N(C)C.I. The summed E-state index contributed by atoms with van der Waals surface area (Å²) in [5, 5.41) is 8.69. The summed E-state index contributed by atoms with van der Waals surface area (Å²) in [4.78, 5) is 7.75. The molecule has 2 aromatic rings. The Morgan fingerprint density at radius 1 is 1.22 bits per heavy atom. The van der Waals surface area contributed by atoms with Gasteiger partial charge in [-0.3, -0.25) is 4.99 Å². The second-order valence-corrected chi connectivity index (χ2v) is 7.19. The Hall–Kier alpha value is -1.39. The number of rotatable bonds is 8. The monoisotopic (exact) mass is 506 g/mol. The maximum Gasteiger partial charge on any atom is 0.191 e. The third-order valence-electron chi connectivity index (χ3n) is 3.87. The molecular weight excluding hydrogens is 478 g/mol. The van der Waals surface area contributed by atoms with Crippen molar-refractivity contribution in [3.05, 3.63) is 52.5 Å². The highest BCUT2D eigenvalue weighted by Gasteiger charge is 2.15. The van der Waals surface area contributed by atoms with Crippen LogP contribution in [0.25, 0.3) is 0 Å². The van der Waals surface area contributed by atoms with Gasteiger partial charge in [0.2, 0.25) is 0 Å². The second-order valence-electron chi connectivity index (χ2n) is 6.21. The molecule has 0 saturated heterocycles. The van der Waals surface area contributed by atoms with E-state index in [9.17, 15) is 4.39 Å². The summed E-state index contributed by atoms with van der Waals surface area (Å²) >= 11 is 1.75. The molecule has 0 bridgehead atoms. The van der Waals surface area contributed by atoms with Crippen LogP contribution >= 0.6 is 35.3 Å². The van der Waals surface area contributed by atoms with Crippen LogP contribution in [0.3, 0.4) is 0 Å². The molecule has 0 aliphatic carbocycles. The lowest BCUT2D eigenvalue weighted by Crippen LogP contribution is -2.44. The Labute approximate surface area is 182 Å². The average molecular weight is 506 g/mol. The summed E-state index contributed by atoms with van der Waals surface area (Å²) in [7, 11) is 5.87. The molecule has 1 aromatic carbocycles. The first kappa shape index (κ1) is 23.6. The summed E-state index contributed by atoms with van der Waals surface area (Å²) in [5.41, 5.74) is 0. The Morgan fingerprint density at radius 2 is 1.96 bits per heavy atom. The van der Waals surface area contributed by atoms with E-state index in [4.69, 9.17) is 4.74 Å². The van der Waals surface area contributed by atoms with Gasteiger partial charge in [-0.2, -0.15) is 0 Å². The fourth-order valence-electron chi connectivity index (χ4n) is 2.49. The number of halogens is 2. The first-order chi connectivity index (χ1) is 12.5. The Morgan fingerprint density at radius 3 is 2.56 bits per heavy atom. The highest BCUT2D eigenvalue weighted by atomic mass is 127. The lowest BCUT2D eigenvalue weighted by Gasteiger charge is -2.25. The Bertz CT molecular complexity index is 697. The van der Waals surface area contributed by atoms with Crippen LogP contribution in [0.1, 0.15) is 17.8 Å². The number of nitrogens with zero attached hydrogens (tertiary/aromatic N) is 2. The van der Waals surface area contributed by atoms with Gasteiger partial charge < -0.3 is 20.3 Å². The largest absolute Gasteiger partial charge is 0.489 e. The van der Waals surface area contributed by atoms with Crippen LogP contribution in [-0.4, -0.2) is 51.2 Å². The highest BCUT2D eigenvalue weighted by Crippen LogP contribution is 2.22. The molecule has 1 aromatic heterocycles. The van der Waals surface area contributed by atoms with Gasteiger partial charge in [0.1, 0.15) is 17.7 Å². The van der Waals surface area contributed by atoms with Gasteiger partial charge in [0.15, 0.2) is 5.96 Å². The predicted molar refractivity (Wildman–Crippen MR) is 122 cm³/mol. The molecule has 2 unspecified atom stereocenters. The van der Waals surface area contributed by atoms with Gasteiger partial charge in [-0.1, -0.05) is 12.1 Å². The summed E-state index contributed by atoms with van der Waals surface area (Å²) in [6.07, 6.45) is -0.128. The molecule has 150 valence electrons. The van der Waals surface area contributed by atoms with E-state index in [0.717, 1.165) is 6.54 Å². The van der Waals surface area contributed by atoms with E-state index in [2.05, 4.69) is 52.1 Å². The quantitative estimate of drug-likeness (QED) is 0.326. The van der Waals surface area contributed by atoms with E-state index in [1.165, 1.54) is 17.0 Å². The van der Waals surface area contributed by atoms with Crippen molar-refractivity contribution in [3.63, 3.8) is 0 Å². The van der Waals surface area contributed by atoms with Gasteiger partial charge in [0.05, 0.1) is 12.6 Å². The number of guanidine groups is 1. The zero-order valence-corrected chi connectivity index (χ0v) is 19.3. The van der Waals surface area contributed by atoms with E-state index in [1.54, 1.807) is 30.5 Å². The van der Waals surface area contributed by atoms with E-state index < -0.39 is 0 Å². The average Bonchev–Trinajstić information content (AvgIpc) is 3.11. The number of thiophene rings is 1. The third kappa shape index (κ3) is 8.02. The number of benzene rings is 1. The molecule has 0 saturated carbocycles. The minimum Gasteiger partial charge on any atom is -0.489 e. The zero-order chi connectivity index (χ0) is 18.9. The van der Waals surface area contributed by atoms with Gasteiger partial charge in [0.25, 0.3) is 0 Å². The van der Waals surface area contributed by atoms with Crippen molar-refractivity contribution in [2.75, 3.05) is 34.2 Å². The van der Waals surface area contributed by atoms with Crippen molar-refractivity contribution < 1.29 is 9.13 Å². The molecule has 0 aliphatic rings. The summed E-state index contributed by atoms with van der Waals surface area (Å²) < 4.78 is 18.9. The second kappa shape index (κ2) is 12.1. The number of aliphatic imine (C=N–C) groups is 1. The number of likely N-dealkylation sites (N-methyl/N-ethyl adjacent to an activating group) is 1. The summed E-state index contributed by atoms with van der Waals surface area (Å²) in [5.74, 6) is 0.930. The molecular formula is C19H28FIN4OS. The van der Waals surface area contributed by atoms with E-state index >= 15 is 0 Å². The minimum absolute atomic E-state index is 0. The van der Waals surface area contributed by atoms with Crippen molar-refractivity contribution in [2.45, 2.75) is 19.1 Å². The number of hydrogen-bond donors (Lipinski definition) is 2. The molecule has 2 rings (SSSR count). The van der Waals surface area contributed by atoms with Gasteiger partial charge in [-0.05, 0) is 44.6 Å². The van der Waals surface area contributed by atoms with Gasteiger partial charge in [0, 0.05) is 24.5 Å². The molecule has 8 heteroatoms. The summed E-state index contributed by atoms with van der Waals surface area (Å²) in [6.45, 7) is 3.23. The zero-order valence-electron chi connectivity index (χ0n) is 16.1. The fraction of sp³-hybridized carbons (Fsp3) is 0.421. The normalized spacial score (nSPS) is 13.6. The van der Waals surface area contributed by atoms with Crippen molar-refractivity contribution in [3.8, 4) is 5.75 Å². The van der Waals surface area contributed by atoms with Crippen LogP contribution < -0.4 is 15.4 Å². The van der Waals surface area contributed by atoms with E-state index in [1.807, 2.05) is 6.92 Å². The standard InChI is InChI=1S/C19H27FN4OS.HI/c1-14(25-16-8-5-7-15(20)11-16)12-22-19(21-2)23-13-17(24(3)4)18-9-6-10-26-18;/h5-11,14,17H,12-13H2,1-4H3,(H2,21,22,23);1H. The van der Waals surface area contributed by atoms with Crippen molar-refractivity contribution in [1.82, 2.24) is 15.5 Å². The number of hydrogen-bond acceptors (Lipinski definition) is 4. The van der Waals surface area contributed by atoms with Crippen molar-refractivity contribution in [2.24, 2.45) is 4.99 Å².